The Hall–Kier alpha value is -0.650. The molecule has 1 amide bonds. The van der Waals surface area contributed by atoms with E-state index in [1.807, 2.05) is 0 Å². The molecule has 3 N–H and O–H groups in total. The molecule has 3 aliphatic rings. The summed E-state index contributed by atoms with van der Waals surface area (Å²) in [4.78, 5) is 11.8. The summed E-state index contributed by atoms with van der Waals surface area (Å²) in [6, 6.07) is 0. The average molecular weight is 254 g/mol. The van der Waals surface area contributed by atoms with E-state index in [0.717, 1.165) is 38.1 Å². The number of carbonyl (C=O) groups is 1. The second-order valence-electron chi connectivity index (χ2n) is 5.88. The summed E-state index contributed by atoms with van der Waals surface area (Å²) in [5, 5.41) is 3.42. The zero-order chi connectivity index (χ0) is 12.6. The van der Waals surface area contributed by atoms with Gasteiger partial charge in [0.05, 0.1) is 18.8 Å². The normalized spacial score (nSPS) is 29.6. The van der Waals surface area contributed by atoms with Gasteiger partial charge in [0.25, 0.3) is 0 Å². The van der Waals surface area contributed by atoms with Crippen LogP contribution in [-0.2, 0) is 14.3 Å². The lowest BCUT2D eigenvalue weighted by atomic mass is 9.78. The first-order chi connectivity index (χ1) is 8.64. The summed E-state index contributed by atoms with van der Waals surface area (Å²) in [5.41, 5.74) is 5.07. The molecule has 0 unspecified atom stereocenters. The summed E-state index contributed by atoms with van der Waals surface area (Å²) in [7, 11) is 0. The topological polar surface area (TPSA) is 73.6 Å². The first kappa shape index (κ1) is 12.4. The second kappa shape index (κ2) is 4.47. The van der Waals surface area contributed by atoms with E-state index in [9.17, 15) is 4.79 Å². The molecule has 1 heterocycles. The molecular formula is C13H22N2O3. The molecule has 0 bridgehead atoms. The van der Waals surface area contributed by atoms with Crippen molar-refractivity contribution >= 4 is 5.91 Å². The van der Waals surface area contributed by atoms with Crippen LogP contribution >= 0.6 is 0 Å². The fourth-order valence-electron chi connectivity index (χ4n) is 3.02. The summed E-state index contributed by atoms with van der Waals surface area (Å²) in [5.74, 6) is 0.0901. The third-order valence-corrected chi connectivity index (χ3v) is 4.58. The van der Waals surface area contributed by atoms with Crippen molar-refractivity contribution in [2.75, 3.05) is 19.8 Å². The molecule has 0 aromatic heterocycles. The van der Waals surface area contributed by atoms with Crippen molar-refractivity contribution in [3.63, 3.8) is 0 Å². The monoisotopic (exact) mass is 254 g/mol. The summed E-state index contributed by atoms with van der Waals surface area (Å²) in [6.45, 7) is 2.25. The molecular weight excluding hydrogens is 232 g/mol. The van der Waals surface area contributed by atoms with Gasteiger partial charge in [-0.05, 0) is 38.1 Å². The van der Waals surface area contributed by atoms with E-state index in [1.165, 1.54) is 12.8 Å². The highest BCUT2D eigenvalue weighted by Gasteiger charge is 2.49. The highest BCUT2D eigenvalue weighted by molar-refractivity contribution is 5.84. The first-order valence-corrected chi connectivity index (χ1v) is 6.97. The van der Waals surface area contributed by atoms with E-state index in [-0.39, 0.29) is 5.91 Å². The lowest BCUT2D eigenvalue weighted by Gasteiger charge is -2.42. The van der Waals surface area contributed by atoms with Gasteiger partial charge in [0, 0.05) is 12.8 Å². The standard InChI is InChI=1S/C13H22N2O3/c14-11(16)12(15-9-10-1-2-10)3-5-13(6-4-12)17-7-8-18-13/h10,15H,1-9H2,(H2,14,16). The number of hydrogen-bond donors (Lipinski definition) is 2. The molecule has 2 aliphatic carbocycles. The van der Waals surface area contributed by atoms with Gasteiger partial charge >= 0.3 is 0 Å². The minimum atomic E-state index is -0.539. The maximum Gasteiger partial charge on any atom is 0.237 e. The molecule has 102 valence electrons. The number of rotatable bonds is 4. The molecule has 5 nitrogen and oxygen atoms in total. The van der Waals surface area contributed by atoms with Crippen LogP contribution in [0, 0.1) is 5.92 Å². The predicted molar refractivity (Wildman–Crippen MR) is 65.8 cm³/mol. The quantitative estimate of drug-likeness (QED) is 0.767. The Morgan fingerprint density at radius 3 is 2.28 bits per heavy atom. The van der Waals surface area contributed by atoms with E-state index >= 15 is 0 Å². The molecule has 0 aromatic rings. The van der Waals surface area contributed by atoms with Crippen LogP contribution in [0.1, 0.15) is 38.5 Å². The van der Waals surface area contributed by atoms with Gasteiger partial charge in [-0.15, -0.1) is 0 Å². The van der Waals surface area contributed by atoms with Crippen molar-refractivity contribution in [1.29, 1.82) is 0 Å². The van der Waals surface area contributed by atoms with E-state index in [2.05, 4.69) is 5.32 Å². The van der Waals surface area contributed by atoms with Gasteiger partial charge in [-0.1, -0.05) is 0 Å². The third kappa shape index (κ3) is 2.27. The van der Waals surface area contributed by atoms with Crippen molar-refractivity contribution in [2.24, 2.45) is 11.7 Å². The molecule has 0 radical (unpaired) electrons. The van der Waals surface area contributed by atoms with Crippen LogP contribution in [0.25, 0.3) is 0 Å². The van der Waals surface area contributed by atoms with Crippen molar-refractivity contribution < 1.29 is 14.3 Å². The van der Waals surface area contributed by atoms with Crippen molar-refractivity contribution in [3.8, 4) is 0 Å². The number of hydrogen-bond acceptors (Lipinski definition) is 4. The van der Waals surface area contributed by atoms with E-state index in [0.29, 0.717) is 13.2 Å². The minimum absolute atomic E-state index is 0.226. The molecule has 1 saturated heterocycles. The Kier molecular flexibility index (Phi) is 3.08. The van der Waals surface area contributed by atoms with E-state index < -0.39 is 11.3 Å². The highest BCUT2D eigenvalue weighted by atomic mass is 16.7. The number of ether oxygens (including phenoxy) is 2. The predicted octanol–water partition coefficient (Wildman–Crippen LogP) is 0.527. The molecule has 1 aliphatic heterocycles. The summed E-state index contributed by atoms with van der Waals surface area (Å²) in [6.07, 6.45) is 5.50. The van der Waals surface area contributed by atoms with Crippen LogP contribution in [-0.4, -0.2) is 37.0 Å². The zero-order valence-electron chi connectivity index (χ0n) is 10.7. The van der Waals surface area contributed by atoms with E-state index in [1.54, 1.807) is 0 Å². The van der Waals surface area contributed by atoms with Crippen molar-refractivity contribution in [1.82, 2.24) is 5.32 Å². The van der Waals surface area contributed by atoms with Crippen LogP contribution in [0.5, 0.6) is 0 Å². The Morgan fingerprint density at radius 1 is 1.17 bits per heavy atom. The molecule has 0 atom stereocenters. The number of amides is 1. The largest absolute Gasteiger partial charge is 0.368 e. The number of primary amides is 1. The summed E-state index contributed by atoms with van der Waals surface area (Å²) >= 11 is 0. The van der Waals surface area contributed by atoms with Crippen LogP contribution in [0.15, 0.2) is 0 Å². The van der Waals surface area contributed by atoms with Gasteiger partial charge in [0.15, 0.2) is 5.79 Å². The maximum atomic E-state index is 11.8. The van der Waals surface area contributed by atoms with Crippen LogP contribution in [0.2, 0.25) is 0 Å². The lowest BCUT2D eigenvalue weighted by Crippen LogP contribution is -2.60. The Balaban J connectivity index is 1.62. The molecule has 3 rings (SSSR count). The highest BCUT2D eigenvalue weighted by Crippen LogP contribution is 2.40. The molecule has 2 saturated carbocycles. The average Bonchev–Trinajstić information content (AvgIpc) is 3.09. The Bertz CT molecular complexity index is 325. The van der Waals surface area contributed by atoms with Crippen LogP contribution in [0.4, 0.5) is 0 Å². The number of nitrogens with two attached hydrogens (primary N) is 1. The van der Waals surface area contributed by atoms with Crippen molar-refractivity contribution in [2.45, 2.75) is 49.9 Å². The van der Waals surface area contributed by atoms with Gasteiger partial charge in [-0.3, -0.25) is 4.79 Å². The van der Waals surface area contributed by atoms with Gasteiger partial charge in [-0.25, -0.2) is 0 Å². The molecule has 18 heavy (non-hydrogen) atoms. The minimum Gasteiger partial charge on any atom is -0.368 e. The lowest BCUT2D eigenvalue weighted by molar-refractivity contribution is -0.187. The summed E-state index contributed by atoms with van der Waals surface area (Å²) < 4.78 is 11.4. The van der Waals surface area contributed by atoms with Gasteiger partial charge in [0.1, 0.15) is 0 Å². The third-order valence-electron chi connectivity index (χ3n) is 4.58. The number of carbonyl (C=O) groups excluding carboxylic acids is 1. The van der Waals surface area contributed by atoms with E-state index in [4.69, 9.17) is 15.2 Å². The fourth-order valence-corrected chi connectivity index (χ4v) is 3.02. The molecule has 1 spiro atoms. The Morgan fingerprint density at radius 2 is 1.78 bits per heavy atom. The molecule has 0 aromatic carbocycles. The number of nitrogens with one attached hydrogen (secondary N) is 1. The van der Waals surface area contributed by atoms with Gasteiger partial charge < -0.3 is 20.5 Å². The smallest absolute Gasteiger partial charge is 0.237 e. The van der Waals surface area contributed by atoms with Gasteiger partial charge in [0.2, 0.25) is 5.91 Å². The van der Waals surface area contributed by atoms with Gasteiger partial charge in [-0.2, -0.15) is 0 Å². The Labute approximate surface area is 107 Å². The first-order valence-electron chi connectivity index (χ1n) is 6.97. The van der Waals surface area contributed by atoms with Crippen LogP contribution < -0.4 is 11.1 Å². The SMILES string of the molecule is NC(=O)C1(NCC2CC2)CCC2(CC1)OCCO2. The van der Waals surface area contributed by atoms with Crippen molar-refractivity contribution in [3.05, 3.63) is 0 Å². The molecule has 5 heteroatoms. The fraction of sp³-hybridized carbons (Fsp3) is 0.923. The zero-order valence-corrected chi connectivity index (χ0v) is 10.7. The maximum absolute atomic E-state index is 11.8. The molecule has 3 fully saturated rings. The second-order valence-corrected chi connectivity index (χ2v) is 5.88. The van der Waals surface area contributed by atoms with Crippen LogP contribution in [0.3, 0.4) is 0 Å².